The van der Waals surface area contributed by atoms with Crippen molar-refractivity contribution in [1.82, 2.24) is 5.32 Å². The largest absolute Gasteiger partial charge is 0.480 e. The van der Waals surface area contributed by atoms with Crippen molar-refractivity contribution in [2.24, 2.45) is 5.92 Å². The molecule has 0 heterocycles. The number of amides is 1. The van der Waals surface area contributed by atoms with Crippen molar-refractivity contribution < 1.29 is 14.7 Å². The molecule has 0 saturated heterocycles. The third-order valence-corrected chi connectivity index (χ3v) is 3.85. The van der Waals surface area contributed by atoms with E-state index < -0.39 is 11.5 Å². The van der Waals surface area contributed by atoms with Gasteiger partial charge in [0.05, 0.1) is 0 Å². The summed E-state index contributed by atoms with van der Waals surface area (Å²) in [6, 6.07) is 5.21. The van der Waals surface area contributed by atoms with Crippen molar-refractivity contribution in [2.45, 2.75) is 31.7 Å². The Morgan fingerprint density at radius 3 is 2.30 bits per heavy atom. The second-order valence-electron chi connectivity index (χ2n) is 5.57. The summed E-state index contributed by atoms with van der Waals surface area (Å²) in [6.07, 6.45) is 0.679. The molecule has 1 saturated carbocycles. The van der Waals surface area contributed by atoms with Gasteiger partial charge in [-0.25, -0.2) is 4.79 Å². The summed E-state index contributed by atoms with van der Waals surface area (Å²) in [4.78, 5) is 23.0. The monoisotopic (exact) mass is 315 g/mol. The Morgan fingerprint density at radius 1 is 1.25 bits per heavy atom. The minimum atomic E-state index is -1.27. The molecule has 0 aromatic heterocycles. The van der Waals surface area contributed by atoms with Crippen molar-refractivity contribution >= 4 is 35.1 Å². The third-order valence-electron chi connectivity index (χ3n) is 3.41. The number of carboxylic acid groups (broad SMARTS) is 1. The molecule has 20 heavy (non-hydrogen) atoms. The van der Waals surface area contributed by atoms with Crippen LogP contribution in [0.3, 0.4) is 0 Å². The van der Waals surface area contributed by atoms with E-state index in [0.29, 0.717) is 16.5 Å². The zero-order valence-electron chi connectivity index (χ0n) is 11.1. The number of rotatable bonds is 4. The maximum absolute atomic E-state index is 12.0. The number of benzene rings is 1. The molecule has 1 amide bonds. The summed E-state index contributed by atoms with van der Waals surface area (Å²) in [5.41, 5.74) is -0.355. The van der Waals surface area contributed by atoms with Gasteiger partial charge in [-0.2, -0.15) is 0 Å². The fourth-order valence-corrected chi connectivity index (χ4v) is 2.64. The molecule has 108 valence electrons. The van der Waals surface area contributed by atoms with E-state index in [1.54, 1.807) is 18.2 Å². The van der Waals surface area contributed by atoms with Crippen LogP contribution in [0.1, 0.15) is 31.7 Å². The first kappa shape index (κ1) is 15.1. The van der Waals surface area contributed by atoms with Crippen LogP contribution >= 0.6 is 23.2 Å². The van der Waals surface area contributed by atoms with Crippen LogP contribution in [0.5, 0.6) is 0 Å². The molecule has 1 aromatic rings. The van der Waals surface area contributed by atoms with Crippen molar-refractivity contribution in [3.63, 3.8) is 0 Å². The van der Waals surface area contributed by atoms with Crippen LogP contribution in [0.2, 0.25) is 10.0 Å². The lowest BCUT2D eigenvalue weighted by molar-refractivity contribution is -0.146. The first-order valence-corrected chi connectivity index (χ1v) is 6.97. The topological polar surface area (TPSA) is 66.4 Å². The van der Waals surface area contributed by atoms with Crippen molar-refractivity contribution in [1.29, 1.82) is 0 Å². The summed E-state index contributed by atoms with van der Waals surface area (Å²) in [7, 11) is 0. The summed E-state index contributed by atoms with van der Waals surface area (Å²) in [5.74, 6) is -1.48. The average Bonchev–Trinajstić information content (AvgIpc) is 3.06. The number of nitrogens with one attached hydrogen (secondary N) is 1. The van der Waals surface area contributed by atoms with Crippen LogP contribution in [-0.2, 0) is 9.59 Å². The van der Waals surface area contributed by atoms with Gasteiger partial charge >= 0.3 is 5.97 Å². The molecule has 2 N–H and O–H groups in total. The Balaban J connectivity index is 2.04. The number of halogens is 2. The predicted octanol–water partition coefficient (Wildman–Crippen LogP) is 3.08. The van der Waals surface area contributed by atoms with Crippen molar-refractivity contribution in [3.05, 3.63) is 33.8 Å². The molecule has 0 bridgehead atoms. The summed E-state index contributed by atoms with van der Waals surface area (Å²) in [6.45, 7) is 2.92. The zero-order valence-corrected chi connectivity index (χ0v) is 12.6. The Morgan fingerprint density at radius 2 is 1.80 bits per heavy atom. The standard InChI is InChI=1S/C14H15Cl2NO3/c1-14(2,13(19)20)17-12(18)11-6-10(11)7-3-8(15)5-9(16)4-7/h3-5,10-11H,6H2,1-2H3,(H,17,18)(H,19,20). The first-order chi connectivity index (χ1) is 9.20. The summed E-state index contributed by atoms with van der Waals surface area (Å²) < 4.78 is 0. The Labute approximate surface area is 127 Å². The molecule has 4 nitrogen and oxygen atoms in total. The van der Waals surface area contributed by atoms with Gasteiger partial charge in [0, 0.05) is 16.0 Å². The van der Waals surface area contributed by atoms with E-state index in [9.17, 15) is 9.59 Å². The lowest BCUT2D eigenvalue weighted by atomic mass is 10.0. The number of aliphatic carboxylic acids is 1. The van der Waals surface area contributed by atoms with Gasteiger partial charge in [0.2, 0.25) is 5.91 Å². The molecule has 1 aromatic carbocycles. The maximum Gasteiger partial charge on any atom is 0.328 e. The van der Waals surface area contributed by atoms with Crippen LogP contribution in [0.25, 0.3) is 0 Å². The molecule has 1 fully saturated rings. The van der Waals surface area contributed by atoms with Crippen molar-refractivity contribution in [3.8, 4) is 0 Å². The fourth-order valence-electron chi connectivity index (χ4n) is 2.10. The summed E-state index contributed by atoms with van der Waals surface area (Å²) >= 11 is 11.9. The molecule has 2 rings (SSSR count). The van der Waals surface area contributed by atoms with Gasteiger partial charge in [-0.3, -0.25) is 4.79 Å². The number of hydrogen-bond donors (Lipinski definition) is 2. The fraction of sp³-hybridized carbons (Fsp3) is 0.429. The van der Waals surface area contributed by atoms with Crippen molar-refractivity contribution in [2.75, 3.05) is 0 Å². The number of carbonyl (C=O) groups is 2. The smallest absolute Gasteiger partial charge is 0.328 e. The van der Waals surface area contributed by atoms with Crippen LogP contribution in [0.15, 0.2) is 18.2 Å². The van der Waals surface area contributed by atoms with Crippen LogP contribution in [-0.4, -0.2) is 22.5 Å². The van der Waals surface area contributed by atoms with Crippen LogP contribution in [0.4, 0.5) is 0 Å². The Bertz CT molecular complexity index is 551. The number of hydrogen-bond acceptors (Lipinski definition) is 2. The molecule has 6 heteroatoms. The molecule has 1 aliphatic rings. The van der Waals surface area contributed by atoms with Gasteiger partial charge in [0.25, 0.3) is 0 Å². The Kier molecular flexibility index (Phi) is 3.98. The molecule has 0 aliphatic heterocycles. The molecule has 1 aliphatic carbocycles. The first-order valence-electron chi connectivity index (χ1n) is 6.22. The predicted molar refractivity (Wildman–Crippen MR) is 77.2 cm³/mol. The second kappa shape index (κ2) is 5.26. The van der Waals surface area contributed by atoms with Gasteiger partial charge in [-0.15, -0.1) is 0 Å². The van der Waals surface area contributed by atoms with Gasteiger partial charge in [-0.05, 0) is 49.9 Å². The van der Waals surface area contributed by atoms with E-state index in [-0.39, 0.29) is 17.7 Å². The quantitative estimate of drug-likeness (QED) is 0.897. The SMILES string of the molecule is CC(C)(NC(=O)C1CC1c1cc(Cl)cc(Cl)c1)C(=O)O. The Hall–Kier alpha value is -1.26. The van der Waals surface area contributed by atoms with E-state index in [4.69, 9.17) is 28.3 Å². The highest BCUT2D eigenvalue weighted by atomic mass is 35.5. The third kappa shape index (κ3) is 3.25. The van der Waals surface area contributed by atoms with E-state index >= 15 is 0 Å². The van der Waals surface area contributed by atoms with Crippen LogP contribution < -0.4 is 5.32 Å². The minimum absolute atomic E-state index is 0.0517. The minimum Gasteiger partial charge on any atom is -0.480 e. The lowest BCUT2D eigenvalue weighted by Crippen LogP contribution is -2.50. The van der Waals surface area contributed by atoms with Gasteiger partial charge in [0.1, 0.15) is 5.54 Å². The lowest BCUT2D eigenvalue weighted by Gasteiger charge is -2.21. The van der Waals surface area contributed by atoms with Gasteiger partial charge in [-0.1, -0.05) is 23.2 Å². The molecule has 2 atom stereocenters. The molecular weight excluding hydrogens is 301 g/mol. The number of carbonyl (C=O) groups excluding carboxylic acids is 1. The second-order valence-corrected chi connectivity index (χ2v) is 6.44. The number of carboxylic acids is 1. The molecular formula is C14H15Cl2NO3. The molecule has 2 unspecified atom stereocenters. The van der Waals surface area contributed by atoms with Crippen LogP contribution in [0, 0.1) is 5.92 Å². The van der Waals surface area contributed by atoms with E-state index in [1.165, 1.54) is 13.8 Å². The highest BCUT2D eigenvalue weighted by Crippen LogP contribution is 2.48. The zero-order chi connectivity index (χ0) is 15.1. The highest BCUT2D eigenvalue weighted by molar-refractivity contribution is 6.34. The highest BCUT2D eigenvalue weighted by Gasteiger charge is 2.46. The van der Waals surface area contributed by atoms with E-state index in [2.05, 4.69) is 5.32 Å². The molecule has 0 spiro atoms. The van der Waals surface area contributed by atoms with E-state index in [1.807, 2.05) is 0 Å². The normalized spacial score (nSPS) is 21.4. The van der Waals surface area contributed by atoms with Gasteiger partial charge < -0.3 is 10.4 Å². The maximum atomic E-state index is 12.0. The molecule has 0 radical (unpaired) electrons. The van der Waals surface area contributed by atoms with Gasteiger partial charge in [0.15, 0.2) is 0 Å². The average molecular weight is 316 g/mol. The van der Waals surface area contributed by atoms with E-state index in [0.717, 1.165) is 5.56 Å². The summed E-state index contributed by atoms with van der Waals surface area (Å²) in [5, 5.41) is 12.6.